The van der Waals surface area contributed by atoms with Gasteiger partial charge in [-0.05, 0) is 20.1 Å². The van der Waals surface area contributed by atoms with Crippen LogP contribution in [0.2, 0.25) is 0 Å². The average Bonchev–Trinajstić information content (AvgIpc) is 2.63. The molecule has 1 aromatic rings. The van der Waals surface area contributed by atoms with Crippen LogP contribution in [0.3, 0.4) is 0 Å². The minimum absolute atomic E-state index is 0.0534. The zero-order valence-electron chi connectivity index (χ0n) is 8.90. The molecule has 0 spiro atoms. The number of thioether (sulfide) groups is 1. The summed E-state index contributed by atoms with van der Waals surface area (Å²) in [4.78, 5) is 14.3. The first-order valence-corrected chi connectivity index (χ1v) is 5.65. The second-order valence-electron chi connectivity index (χ2n) is 3.66. The zero-order chi connectivity index (χ0) is 11.5. The van der Waals surface area contributed by atoms with Crippen LogP contribution in [0.25, 0.3) is 0 Å². The standard InChI is InChI=1S/C9H14N2O3S/c1-9(2,15-3)5-10-8-11-6(4-14-8)7(12)13/h4H,5H2,1-3H3,(H,10,11)(H,12,13). The van der Waals surface area contributed by atoms with Gasteiger partial charge in [0.15, 0.2) is 5.69 Å². The SMILES string of the molecule is CSC(C)(C)CNc1nc(C(=O)O)co1. The van der Waals surface area contributed by atoms with E-state index in [9.17, 15) is 4.79 Å². The molecule has 0 aliphatic rings. The van der Waals surface area contributed by atoms with Gasteiger partial charge in [0.25, 0.3) is 6.01 Å². The first-order valence-electron chi connectivity index (χ1n) is 4.42. The highest BCUT2D eigenvalue weighted by atomic mass is 32.2. The number of aromatic carboxylic acids is 1. The molecule has 1 aromatic heterocycles. The maximum atomic E-state index is 10.5. The van der Waals surface area contributed by atoms with E-state index in [0.717, 1.165) is 6.26 Å². The topological polar surface area (TPSA) is 75.4 Å². The van der Waals surface area contributed by atoms with E-state index in [0.29, 0.717) is 6.54 Å². The first-order chi connectivity index (χ1) is 6.94. The fourth-order valence-electron chi connectivity index (χ4n) is 0.814. The van der Waals surface area contributed by atoms with Crippen LogP contribution < -0.4 is 5.32 Å². The Hall–Kier alpha value is -1.17. The van der Waals surface area contributed by atoms with Crippen LogP contribution in [0.4, 0.5) is 6.01 Å². The maximum absolute atomic E-state index is 10.5. The van der Waals surface area contributed by atoms with E-state index in [-0.39, 0.29) is 16.5 Å². The molecule has 0 saturated carbocycles. The Balaban J connectivity index is 2.55. The molecule has 0 amide bonds. The molecule has 0 saturated heterocycles. The summed E-state index contributed by atoms with van der Waals surface area (Å²) < 4.78 is 5.01. The number of nitrogens with one attached hydrogen (secondary N) is 1. The van der Waals surface area contributed by atoms with E-state index in [1.165, 1.54) is 0 Å². The Kier molecular flexibility index (Phi) is 3.62. The molecule has 0 bridgehead atoms. The quantitative estimate of drug-likeness (QED) is 0.805. The summed E-state index contributed by atoms with van der Waals surface area (Å²) in [5.41, 5.74) is -0.0838. The Morgan fingerprint density at radius 1 is 1.73 bits per heavy atom. The van der Waals surface area contributed by atoms with Gasteiger partial charge in [0.2, 0.25) is 0 Å². The van der Waals surface area contributed by atoms with E-state index in [1.807, 2.05) is 6.26 Å². The van der Waals surface area contributed by atoms with E-state index >= 15 is 0 Å². The second-order valence-corrected chi connectivity index (χ2v) is 5.17. The van der Waals surface area contributed by atoms with Crippen molar-refractivity contribution in [2.45, 2.75) is 18.6 Å². The van der Waals surface area contributed by atoms with Gasteiger partial charge in [0, 0.05) is 11.3 Å². The minimum atomic E-state index is -1.09. The molecule has 0 unspecified atom stereocenters. The highest BCUT2D eigenvalue weighted by Gasteiger charge is 2.17. The van der Waals surface area contributed by atoms with Crippen LogP contribution in [-0.2, 0) is 0 Å². The van der Waals surface area contributed by atoms with Crippen LogP contribution >= 0.6 is 11.8 Å². The molecule has 0 aliphatic carbocycles. The lowest BCUT2D eigenvalue weighted by Gasteiger charge is -2.21. The van der Waals surface area contributed by atoms with Gasteiger partial charge >= 0.3 is 5.97 Å². The summed E-state index contributed by atoms with van der Waals surface area (Å²) in [5.74, 6) is -1.09. The van der Waals surface area contributed by atoms with Crippen LogP contribution in [-0.4, -0.2) is 33.6 Å². The van der Waals surface area contributed by atoms with Crippen LogP contribution in [0, 0.1) is 0 Å². The Bertz CT molecular complexity index is 349. The first kappa shape index (κ1) is 11.9. The van der Waals surface area contributed by atoms with Crippen molar-refractivity contribution in [1.82, 2.24) is 4.98 Å². The van der Waals surface area contributed by atoms with Crippen molar-refractivity contribution in [2.75, 3.05) is 18.1 Å². The number of carboxylic acids is 1. The van der Waals surface area contributed by atoms with Crippen LogP contribution in [0.15, 0.2) is 10.7 Å². The van der Waals surface area contributed by atoms with Crippen molar-refractivity contribution in [1.29, 1.82) is 0 Å². The van der Waals surface area contributed by atoms with Crippen LogP contribution in [0.5, 0.6) is 0 Å². The normalized spacial score (nSPS) is 11.4. The molecular formula is C9H14N2O3S. The number of hydrogen-bond donors (Lipinski definition) is 2. The molecular weight excluding hydrogens is 216 g/mol. The minimum Gasteiger partial charge on any atom is -0.476 e. The Morgan fingerprint density at radius 2 is 2.40 bits per heavy atom. The molecule has 0 atom stereocenters. The number of anilines is 1. The predicted molar refractivity (Wildman–Crippen MR) is 59.5 cm³/mol. The van der Waals surface area contributed by atoms with E-state index in [2.05, 4.69) is 24.1 Å². The number of nitrogens with zero attached hydrogens (tertiary/aromatic N) is 1. The molecule has 0 aromatic carbocycles. The lowest BCUT2D eigenvalue weighted by molar-refractivity contribution is 0.0690. The molecule has 0 radical (unpaired) electrons. The molecule has 84 valence electrons. The number of carbonyl (C=O) groups is 1. The van der Waals surface area contributed by atoms with Crippen molar-refractivity contribution >= 4 is 23.7 Å². The summed E-state index contributed by atoms with van der Waals surface area (Å²) in [6.07, 6.45) is 3.14. The van der Waals surface area contributed by atoms with E-state index < -0.39 is 5.97 Å². The summed E-state index contributed by atoms with van der Waals surface area (Å²) in [6, 6.07) is 0.245. The van der Waals surface area contributed by atoms with Gasteiger partial charge in [-0.1, -0.05) is 0 Å². The van der Waals surface area contributed by atoms with Crippen molar-refractivity contribution in [3.05, 3.63) is 12.0 Å². The van der Waals surface area contributed by atoms with Gasteiger partial charge in [-0.3, -0.25) is 0 Å². The van der Waals surface area contributed by atoms with Gasteiger partial charge in [-0.15, -0.1) is 0 Å². The largest absolute Gasteiger partial charge is 0.476 e. The monoisotopic (exact) mass is 230 g/mol. The van der Waals surface area contributed by atoms with Crippen molar-refractivity contribution in [2.24, 2.45) is 0 Å². The number of carboxylic acid groups (broad SMARTS) is 1. The van der Waals surface area contributed by atoms with Gasteiger partial charge < -0.3 is 14.8 Å². The van der Waals surface area contributed by atoms with Gasteiger partial charge in [-0.25, -0.2) is 4.79 Å². The number of rotatable bonds is 5. The van der Waals surface area contributed by atoms with Crippen LogP contribution in [0.1, 0.15) is 24.3 Å². The Labute approximate surface area is 92.3 Å². The fourth-order valence-corrected chi connectivity index (χ4v) is 1.03. The lowest BCUT2D eigenvalue weighted by atomic mass is 10.2. The molecule has 15 heavy (non-hydrogen) atoms. The summed E-state index contributed by atoms with van der Waals surface area (Å²) in [7, 11) is 0. The molecule has 0 aliphatic heterocycles. The number of aromatic nitrogens is 1. The van der Waals surface area contributed by atoms with Crippen molar-refractivity contribution < 1.29 is 14.3 Å². The lowest BCUT2D eigenvalue weighted by Crippen LogP contribution is -2.25. The molecule has 6 heteroatoms. The summed E-state index contributed by atoms with van der Waals surface area (Å²) >= 11 is 1.71. The van der Waals surface area contributed by atoms with E-state index in [1.54, 1.807) is 11.8 Å². The molecule has 5 nitrogen and oxygen atoms in total. The Morgan fingerprint density at radius 3 is 2.87 bits per heavy atom. The third-order valence-electron chi connectivity index (χ3n) is 1.94. The maximum Gasteiger partial charge on any atom is 0.357 e. The molecule has 0 fully saturated rings. The molecule has 1 heterocycles. The third kappa shape index (κ3) is 3.47. The zero-order valence-corrected chi connectivity index (χ0v) is 9.72. The van der Waals surface area contributed by atoms with Gasteiger partial charge in [-0.2, -0.15) is 16.7 Å². The van der Waals surface area contributed by atoms with Crippen molar-refractivity contribution in [3.8, 4) is 0 Å². The highest BCUT2D eigenvalue weighted by Crippen LogP contribution is 2.21. The smallest absolute Gasteiger partial charge is 0.357 e. The number of hydrogen-bond acceptors (Lipinski definition) is 5. The van der Waals surface area contributed by atoms with Gasteiger partial charge in [0.05, 0.1) is 0 Å². The van der Waals surface area contributed by atoms with Crippen molar-refractivity contribution in [3.63, 3.8) is 0 Å². The van der Waals surface area contributed by atoms with Gasteiger partial charge in [0.1, 0.15) is 6.26 Å². The fraction of sp³-hybridized carbons (Fsp3) is 0.556. The average molecular weight is 230 g/mol. The number of oxazole rings is 1. The molecule has 2 N–H and O–H groups in total. The molecule has 1 rings (SSSR count). The second kappa shape index (κ2) is 4.57. The summed E-state index contributed by atoms with van der Waals surface area (Å²) in [5, 5.41) is 11.6. The predicted octanol–water partition coefficient (Wildman–Crippen LogP) is 1.93. The third-order valence-corrected chi connectivity index (χ3v) is 3.19. The summed E-state index contributed by atoms with van der Waals surface area (Å²) in [6.45, 7) is 4.81. The highest BCUT2D eigenvalue weighted by molar-refractivity contribution is 7.99. The van der Waals surface area contributed by atoms with E-state index in [4.69, 9.17) is 9.52 Å².